The average molecular weight is 249 g/mol. The second-order valence-electron chi connectivity index (χ2n) is 5.18. The minimum absolute atomic E-state index is 0.596. The number of hydrogen-bond donors (Lipinski definition) is 1. The third-order valence-electron chi connectivity index (χ3n) is 3.44. The molecule has 0 saturated carbocycles. The van der Waals surface area contributed by atoms with Gasteiger partial charge in [-0.1, -0.05) is 12.2 Å². The van der Waals surface area contributed by atoms with Crippen LogP contribution >= 0.6 is 11.3 Å². The fourth-order valence-electron chi connectivity index (χ4n) is 2.38. The molecule has 1 aliphatic rings. The summed E-state index contributed by atoms with van der Waals surface area (Å²) in [7, 11) is 0. The average Bonchev–Trinajstić information content (AvgIpc) is 2.73. The Kier molecular flexibility index (Phi) is 4.81. The van der Waals surface area contributed by atoms with Crippen molar-refractivity contribution in [2.45, 2.75) is 45.6 Å². The van der Waals surface area contributed by atoms with Crippen molar-refractivity contribution in [1.82, 2.24) is 5.32 Å². The van der Waals surface area contributed by atoms with Crippen LogP contribution in [0.25, 0.3) is 0 Å². The summed E-state index contributed by atoms with van der Waals surface area (Å²) in [5.41, 5.74) is 0. The third-order valence-corrected chi connectivity index (χ3v) is 4.46. The summed E-state index contributed by atoms with van der Waals surface area (Å²) >= 11 is 1.93. The van der Waals surface area contributed by atoms with Gasteiger partial charge in [0.15, 0.2) is 0 Å². The van der Waals surface area contributed by atoms with Crippen molar-refractivity contribution in [1.29, 1.82) is 0 Å². The molecule has 2 heteroatoms. The lowest BCUT2D eigenvalue weighted by Crippen LogP contribution is -2.32. The molecule has 0 aromatic carbocycles. The van der Waals surface area contributed by atoms with Crippen LogP contribution < -0.4 is 5.32 Å². The zero-order valence-corrected chi connectivity index (χ0v) is 11.7. The van der Waals surface area contributed by atoms with Gasteiger partial charge in [0.05, 0.1) is 0 Å². The number of allylic oxidation sites excluding steroid dienone is 2. The number of thiophene rings is 1. The molecule has 17 heavy (non-hydrogen) atoms. The first-order chi connectivity index (χ1) is 8.24. The quantitative estimate of drug-likeness (QED) is 0.780. The highest BCUT2D eigenvalue weighted by molar-refractivity contribution is 7.11. The van der Waals surface area contributed by atoms with Gasteiger partial charge in [0.2, 0.25) is 0 Å². The number of aryl methyl sites for hydroxylation is 1. The molecule has 1 heterocycles. The number of rotatable bonds is 5. The Bertz CT molecular complexity index is 367. The first kappa shape index (κ1) is 12.8. The summed E-state index contributed by atoms with van der Waals surface area (Å²) in [6.07, 6.45) is 9.70. The summed E-state index contributed by atoms with van der Waals surface area (Å²) in [4.78, 5) is 2.93. The third kappa shape index (κ3) is 4.29. The molecule has 0 bridgehead atoms. The molecule has 1 nitrogen and oxygen atoms in total. The second-order valence-corrected chi connectivity index (χ2v) is 6.55. The van der Waals surface area contributed by atoms with Crippen molar-refractivity contribution in [3.8, 4) is 0 Å². The minimum Gasteiger partial charge on any atom is -0.314 e. The van der Waals surface area contributed by atoms with E-state index in [1.165, 1.54) is 42.0 Å². The minimum atomic E-state index is 0.596. The zero-order chi connectivity index (χ0) is 12.1. The Labute approximate surface area is 109 Å². The fraction of sp³-hybridized carbons (Fsp3) is 0.600. The smallest absolute Gasteiger partial charge is 0.00871 e. The molecular formula is C15H23NS. The van der Waals surface area contributed by atoms with Crippen molar-refractivity contribution < 1.29 is 0 Å². The monoisotopic (exact) mass is 249 g/mol. The lowest BCUT2D eigenvalue weighted by atomic mass is 9.94. The van der Waals surface area contributed by atoms with Gasteiger partial charge in [-0.25, -0.2) is 0 Å². The van der Waals surface area contributed by atoms with Gasteiger partial charge >= 0.3 is 0 Å². The van der Waals surface area contributed by atoms with Crippen molar-refractivity contribution in [2.24, 2.45) is 5.92 Å². The Morgan fingerprint density at radius 2 is 2.29 bits per heavy atom. The van der Waals surface area contributed by atoms with Crippen LogP contribution in [0.1, 0.15) is 35.9 Å². The Morgan fingerprint density at radius 3 is 2.94 bits per heavy atom. The van der Waals surface area contributed by atoms with Crippen LogP contribution in [-0.2, 0) is 6.42 Å². The molecular weight excluding hydrogens is 226 g/mol. The normalized spacial score (nSPS) is 21.6. The van der Waals surface area contributed by atoms with Gasteiger partial charge in [-0.2, -0.15) is 0 Å². The zero-order valence-electron chi connectivity index (χ0n) is 10.9. The maximum Gasteiger partial charge on any atom is 0.00871 e. The Hall–Kier alpha value is -0.600. The lowest BCUT2D eigenvalue weighted by Gasteiger charge is -2.21. The standard InChI is InChI=1S/C15H23NS/c1-12(10-15-9-8-13(2)17-15)16-11-14-6-4-3-5-7-14/h3-4,8-9,12,14,16H,5-7,10-11H2,1-2H3. The van der Waals surface area contributed by atoms with Gasteiger partial charge in [-0.15, -0.1) is 11.3 Å². The van der Waals surface area contributed by atoms with E-state index in [9.17, 15) is 0 Å². The van der Waals surface area contributed by atoms with Crippen molar-refractivity contribution in [2.75, 3.05) is 6.54 Å². The van der Waals surface area contributed by atoms with E-state index >= 15 is 0 Å². The molecule has 1 aromatic heterocycles. The maximum atomic E-state index is 3.68. The molecule has 2 rings (SSSR count). The molecule has 0 amide bonds. The summed E-state index contributed by atoms with van der Waals surface area (Å²) < 4.78 is 0. The molecule has 94 valence electrons. The highest BCUT2D eigenvalue weighted by Gasteiger charge is 2.11. The molecule has 2 unspecified atom stereocenters. The van der Waals surface area contributed by atoms with E-state index in [0.717, 1.165) is 5.92 Å². The van der Waals surface area contributed by atoms with Crippen LogP contribution in [0.4, 0.5) is 0 Å². The summed E-state index contributed by atoms with van der Waals surface area (Å²) in [6, 6.07) is 5.08. The lowest BCUT2D eigenvalue weighted by molar-refractivity contribution is 0.411. The second kappa shape index (κ2) is 6.36. The molecule has 0 saturated heterocycles. The molecule has 0 fully saturated rings. The van der Waals surface area contributed by atoms with E-state index in [4.69, 9.17) is 0 Å². The summed E-state index contributed by atoms with van der Waals surface area (Å²) in [5, 5.41) is 3.68. The molecule has 0 aliphatic heterocycles. The molecule has 1 N–H and O–H groups in total. The molecule has 0 spiro atoms. The summed E-state index contributed by atoms with van der Waals surface area (Å²) in [6.45, 7) is 5.66. The molecule has 2 atom stereocenters. The van der Waals surface area contributed by atoms with E-state index in [1.54, 1.807) is 0 Å². The van der Waals surface area contributed by atoms with Crippen molar-refractivity contribution in [3.63, 3.8) is 0 Å². The molecule has 1 aliphatic carbocycles. The van der Waals surface area contributed by atoms with Crippen LogP contribution in [0.5, 0.6) is 0 Å². The van der Waals surface area contributed by atoms with E-state index in [0.29, 0.717) is 6.04 Å². The van der Waals surface area contributed by atoms with Crippen LogP contribution in [0.15, 0.2) is 24.3 Å². The number of hydrogen-bond acceptors (Lipinski definition) is 2. The summed E-state index contributed by atoms with van der Waals surface area (Å²) in [5.74, 6) is 0.854. The molecule has 0 radical (unpaired) electrons. The van der Waals surface area contributed by atoms with E-state index in [2.05, 4.69) is 43.4 Å². The fourth-order valence-corrected chi connectivity index (χ4v) is 3.40. The van der Waals surface area contributed by atoms with Gasteiger partial charge in [0.25, 0.3) is 0 Å². The maximum absolute atomic E-state index is 3.68. The van der Waals surface area contributed by atoms with Gasteiger partial charge in [0.1, 0.15) is 0 Å². The first-order valence-electron chi connectivity index (χ1n) is 6.67. The Morgan fingerprint density at radius 1 is 1.41 bits per heavy atom. The van der Waals surface area contributed by atoms with E-state index in [1.807, 2.05) is 11.3 Å². The van der Waals surface area contributed by atoms with Gasteiger partial charge < -0.3 is 5.32 Å². The van der Waals surface area contributed by atoms with E-state index < -0.39 is 0 Å². The topological polar surface area (TPSA) is 12.0 Å². The predicted octanol–water partition coefficient (Wildman–Crippen LogP) is 3.93. The highest BCUT2D eigenvalue weighted by atomic mass is 32.1. The number of nitrogens with one attached hydrogen (secondary N) is 1. The van der Waals surface area contributed by atoms with Crippen LogP contribution in [-0.4, -0.2) is 12.6 Å². The van der Waals surface area contributed by atoms with E-state index in [-0.39, 0.29) is 0 Å². The van der Waals surface area contributed by atoms with Gasteiger partial charge in [0, 0.05) is 15.8 Å². The van der Waals surface area contributed by atoms with Crippen molar-refractivity contribution in [3.05, 3.63) is 34.0 Å². The highest BCUT2D eigenvalue weighted by Crippen LogP contribution is 2.19. The SMILES string of the molecule is Cc1ccc(CC(C)NCC2CC=CCC2)s1. The predicted molar refractivity (Wildman–Crippen MR) is 76.7 cm³/mol. The first-order valence-corrected chi connectivity index (χ1v) is 7.49. The Balaban J connectivity index is 1.70. The van der Waals surface area contributed by atoms with Gasteiger partial charge in [-0.3, -0.25) is 0 Å². The van der Waals surface area contributed by atoms with Crippen LogP contribution in [0, 0.1) is 12.8 Å². The van der Waals surface area contributed by atoms with Crippen LogP contribution in [0.3, 0.4) is 0 Å². The largest absolute Gasteiger partial charge is 0.314 e. The molecule has 1 aromatic rings. The van der Waals surface area contributed by atoms with Crippen molar-refractivity contribution >= 4 is 11.3 Å². The van der Waals surface area contributed by atoms with Crippen LogP contribution in [0.2, 0.25) is 0 Å². The van der Waals surface area contributed by atoms with Gasteiger partial charge in [-0.05, 0) is 64.1 Å².